The van der Waals surface area contributed by atoms with Crippen LogP contribution in [0.25, 0.3) is 0 Å². The van der Waals surface area contributed by atoms with E-state index in [4.69, 9.17) is 0 Å². The number of H-pyrrole nitrogens is 1. The van der Waals surface area contributed by atoms with Gasteiger partial charge in [0.15, 0.2) is 0 Å². The molecule has 2 rings (SSSR count). The molecule has 106 valence electrons. The quantitative estimate of drug-likeness (QED) is 0.777. The Kier molecular flexibility index (Phi) is 5.39. The van der Waals surface area contributed by atoms with Gasteiger partial charge < -0.3 is 15.2 Å². The minimum absolute atomic E-state index is 0.170. The molecule has 1 atom stereocenters. The van der Waals surface area contributed by atoms with E-state index in [9.17, 15) is 4.79 Å². The maximum Gasteiger partial charge on any atom is 0.221 e. The number of aryl methyl sites for hydroxylation is 1. The molecule has 1 aromatic rings. The van der Waals surface area contributed by atoms with Crippen molar-refractivity contribution in [2.24, 2.45) is 5.92 Å². The van der Waals surface area contributed by atoms with Crippen molar-refractivity contribution in [1.82, 2.24) is 20.2 Å². The zero-order valence-corrected chi connectivity index (χ0v) is 11.7. The number of carbonyl (C=O) groups is 1. The molecule has 1 fully saturated rings. The first kappa shape index (κ1) is 14.1. The first-order valence-electron chi connectivity index (χ1n) is 7.24. The molecular formula is C14H24N4O. The Morgan fingerprint density at radius 3 is 3.26 bits per heavy atom. The summed E-state index contributed by atoms with van der Waals surface area (Å²) < 4.78 is 0. The molecule has 5 nitrogen and oxygen atoms in total. The molecule has 1 unspecified atom stereocenters. The Hall–Kier alpha value is -1.36. The van der Waals surface area contributed by atoms with Gasteiger partial charge in [0, 0.05) is 37.9 Å². The lowest BCUT2D eigenvalue weighted by atomic mass is 10.0. The minimum atomic E-state index is 0.170. The lowest BCUT2D eigenvalue weighted by Gasteiger charge is -2.15. The zero-order valence-electron chi connectivity index (χ0n) is 11.7. The highest BCUT2D eigenvalue weighted by Crippen LogP contribution is 2.21. The number of likely N-dealkylation sites (tertiary alicyclic amines) is 1. The van der Waals surface area contributed by atoms with Gasteiger partial charge in [-0.2, -0.15) is 0 Å². The number of carbonyl (C=O) groups excluding carboxylic acids is 1. The van der Waals surface area contributed by atoms with Crippen molar-refractivity contribution >= 4 is 5.91 Å². The zero-order chi connectivity index (χ0) is 13.5. The van der Waals surface area contributed by atoms with Crippen molar-refractivity contribution < 1.29 is 4.79 Å². The van der Waals surface area contributed by atoms with E-state index < -0.39 is 0 Å². The summed E-state index contributed by atoms with van der Waals surface area (Å²) in [5.74, 6) is 0.931. The third-order valence-electron chi connectivity index (χ3n) is 3.78. The Morgan fingerprint density at radius 1 is 1.63 bits per heavy atom. The molecule has 0 aliphatic carbocycles. The fraction of sp³-hybridized carbons (Fsp3) is 0.714. The summed E-state index contributed by atoms with van der Waals surface area (Å²) >= 11 is 0. The van der Waals surface area contributed by atoms with Crippen molar-refractivity contribution in [3.63, 3.8) is 0 Å². The Morgan fingerprint density at radius 2 is 2.53 bits per heavy atom. The highest BCUT2D eigenvalue weighted by molar-refractivity contribution is 5.75. The van der Waals surface area contributed by atoms with Crippen LogP contribution in [0.5, 0.6) is 0 Å². The molecule has 1 aliphatic heterocycles. The molecule has 1 saturated heterocycles. The number of imidazole rings is 1. The minimum Gasteiger partial charge on any atom is -0.356 e. The second-order valence-electron chi connectivity index (χ2n) is 5.27. The van der Waals surface area contributed by atoms with E-state index in [1.807, 2.05) is 13.1 Å². The molecule has 0 spiro atoms. The Balaban J connectivity index is 1.61. The van der Waals surface area contributed by atoms with Gasteiger partial charge in [-0.05, 0) is 38.6 Å². The SMILES string of the molecule is CCNC(=O)CCN1CCC(CCc2cnc[nH]2)C1. The van der Waals surface area contributed by atoms with Gasteiger partial charge in [-0.15, -0.1) is 0 Å². The number of aromatic nitrogens is 2. The van der Waals surface area contributed by atoms with Crippen LogP contribution in [-0.2, 0) is 11.2 Å². The number of nitrogens with one attached hydrogen (secondary N) is 2. The number of rotatable bonds is 7. The van der Waals surface area contributed by atoms with E-state index in [0.717, 1.165) is 38.5 Å². The fourth-order valence-electron chi connectivity index (χ4n) is 2.68. The van der Waals surface area contributed by atoms with Crippen LogP contribution in [0.1, 0.15) is 31.9 Å². The molecule has 0 bridgehead atoms. The second-order valence-corrected chi connectivity index (χ2v) is 5.27. The van der Waals surface area contributed by atoms with E-state index in [0.29, 0.717) is 6.42 Å². The van der Waals surface area contributed by atoms with Gasteiger partial charge in [-0.25, -0.2) is 4.98 Å². The predicted octanol–water partition coefficient (Wildman–Crippen LogP) is 1.19. The van der Waals surface area contributed by atoms with Crippen LogP contribution in [0.3, 0.4) is 0 Å². The predicted molar refractivity (Wildman–Crippen MR) is 74.8 cm³/mol. The highest BCUT2D eigenvalue weighted by Gasteiger charge is 2.22. The first-order valence-corrected chi connectivity index (χ1v) is 7.24. The van der Waals surface area contributed by atoms with Gasteiger partial charge in [0.2, 0.25) is 5.91 Å². The largest absolute Gasteiger partial charge is 0.356 e. The molecule has 1 amide bonds. The van der Waals surface area contributed by atoms with E-state index in [-0.39, 0.29) is 5.91 Å². The van der Waals surface area contributed by atoms with Gasteiger partial charge >= 0.3 is 0 Å². The third-order valence-corrected chi connectivity index (χ3v) is 3.78. The normalized spacial score (nSPS) is 19.7. The number of hydrogen-bond donors (Lipinski definition) is 2. The molecule has 19 heavy (non-hydrogen) atoms. The lowest BCUT2D eigenvalue weighted by Crippen LogP contribution is -2.29. The van der Waals surface area contributed by atoms with Crippen molar-refractivity contribution in [3.8, 4) is 0 Å². The molecule has 1 aromatic heterocycles. The summed E-state index contributed by atoms with van der Waals surface area (Å²) in [6.45, 7) is 5.85. The molecule has 0 saturated carbocycles. The number of hydrogen-bond acceptors (Lipinski definition) is 3. The van der Waals surface area contributed by atoms with E-state index in [1.54, 1.807) is 6.33 Å². The molecule has 0 radical (unpaired) electrons. The number of amides is 1. The summed E-state index contributed by atoms with van der Waals surface area (Å²) in [7, 11) is 0. The van der Waals surface area contributed by atoms with Crippen molar-refractivity contribution in [2.75, 3.05) is 26.2 Å². The average molecular weight is 264 g/mol. The molecule has 2 heterocycles. The Labute approximate surface area is 114 Å². The average Bonchev–Trinajstić information content (AvgIpc) is 3.06. The third kappa shape index (κ3) is 4.67. The smallest absolute Gasteiger partial charge is 0.221 e. The Bertz CT molecular complexity index is 377. The second kappa shape index (κ2) is 7.28. The van der Waals surface area contributed by atoms with Gasteiger partial charge in [0.25, 0.3) is 0 Å². The van der Waals surface area contributed by atoms with Crippen molar-refractivity contribution in [3.05, 3.63) is 18.2 Å². The summed E-state index contributed by atoms with van der Waals surface area (Å²) in [5, 5.41) is 2.85. The summed E-state index contributed by atoms with van der Waals surface area (Å²) in [4.78, 5) is 21.0. The van der Waals surface area contributed by atoms with E-state index in [1.165, 1.54) is 18.5 Å². The van der Waals surface area contributed by atoms with Crippen LogP contribution >= 0.6 is 0 Å². The maximum absolute atomic E-state index is 11.4. The van der Waals surface area contributed by atoms with E-state index in [2.05, 4.69) is 20.2 Å². The van der Waals surface area contributed by atoms with E-state index >= 15 is 0 Å². The topological polar surface area (TPSA) is 61.0 Å². The van der Waals surface area contributed by atoms with Crippen LogP contribution in [0.15, 0.2) is 12.5 Å². The van der Waals surface area contributed by atoms with Crippen molar-refractivity contribution in [1.29, 1.82) is 0 Å². The summed E-state index contributed by atoms with van der Waals surface area (Å²) in [5.41, 5.74) is 1.22. The number of aromatic amines is 1. The van der Waals surface area contributed by atoms with Crippen LogP contribution in [-0.4, -0.2) is 47.0 Å². The summed E-state index contributed by atoms with van der Waals surface area (Å²) in [6.07, 6.45) is 7.81. The van der Waals surface area contributed by atoms with Crippen LogP contribution in [0.2, 0.25) is 0 Å². The molecule has 2 N–H and O–H groups in total. The van der Waals surface area contributed by atoms with Crippen LogP contribution in [0, 0.1) is 5.92 Å². The van der Waals surface area contributed by atoms with Gasteiger partial charge in [-0.3, -0.25) is 4.79 Å². The van der Waals surface area contributed by atoms with Crippen LogP contribution < -0.4 is 5.32 Å². The van der Waals surface area contributed by atoms with Crippen molar-refractivity contribution in [2.45, 2.75) is 32.6 Å². The van der Waals surface area contributed by atoms with Gasteiger partial charge in [0.1, 0.15) is 0 Å². The standard InChI is InChI=1S/C14H24N4O/c1-2-16-14(19)6-8-18-7-5-12(10-18)3-4-13-9-15-11-17-13/h9,11-12H,2-8,10H2,1H3,(H,15,17)(H,16,19). The van der Waals surface area contributed by atoms with Crippen LogP contribution in [0.4, 0.5) is 0 Å². The summed E-state index contributed by atoms with van der Waals surface area (Å²) in [6, 6.07) is 0. The maximum atomic E-state index is 11.4. The molecule has 5 heteroatoms. The first-order chi connectivity index (χ1) is 9.28. The molecule has 0 aromatic carbocycles. The highest BCUT2D eigenvalue weighted by atomic mass is 16.1. The number of nitrogens with zero attached hydrogens (tertiary/aromatic N) is 2. The fourth-order valence-corrected chi connectivity index (χ4v) is 2.68. The lowest BCUT2D eigenvalue weighted by molar-refractivity contribution is -0.121. The molecule has 1 aliphatic rings. The van der Waals surface area contributed by atoms with Gasteiger partial charge in [-0.1, -0.05) is 0 Å². The molecular weight excluding hydrogens is 240 g/mol. The van der Waals surface area contributed by atoms with Gasteiger partial charge in [0.05, 0.1) is 6.33 Å². The monoisotopic (exact) mass is 264 g/mol.